The summed E-state index contributed by atoms with van der Waals surface area (Å²) >= 11 is 0. The maximum Gasteiger partial charge on any atom is 0.307 e. The van der Waals surface area contributed by atoms with Gasteiger partial charge in [-0.2, -0.15) is 0 Å². The quantitative estimate of drug-likeness (QED) is 0.859. The van der Waals surface area contributed by atoms with E-state index < -0.39 is 5.97 Å². The van der Waals surface area contributed by atoms with Crippen molar-refractivity contribution in [1.82, 2.24) is 0 Å². The number of hydrogen-bond donors (Lipinski definition) is 2. The molecule has 5 heteroatoms. The Balaban J connectivity index is 1.83. The number of aliphatic carboxylic acids is 1. The van der Waals surface area contributed by atoms with Crippen LogP contribution >= 0.6 is 0 Å². The summed E-state index contributed by atoms with van der Waals surface area (Å²) in [7, 11) is 0. The van der Waals surface area contributed by atoms with E-state index in [0.717, 1.165) is 11.3 Å². The standard InChI is InChI=1S/C17H17NO4/c1-12-2-6-14(7-3-12)18-16(19)11-22-15-8-4-13(5-9-15)10-17(20)21/h2-9H,10-11H2,1H3,(H,18,19)(H,20,21). The van der Waals surface area contributed by atoms with Crippen molar-refractivity contribution in [3.63, 3.8) is 0 Å². The highest BCUT2D eigenvalue weighted by molar-refractivity contribution is 5.91. The van der Waals surface area contributed by atoms with Crippen LogP contribution in [0, 0.1) is 6.92 Å². The molecule has 0 fully saturated rings. The molecule has 0 atom stereocenters. The van der Waals surface area contributed by atoms with Gasteiger partial charge in [-0.05, 0) is 36.8 Å². The van der Waals surface area contributed by atoms with Crippen molar-refractivity contribution in [2.75, 3.05) is 11.9 Å². The van der Waals surface area contributed by atoms with E-state index in [1.807, 2.05) is 31.2 Å². The van der Waals surface area contributed by atoms with Crippen LogP contribution in [0.1, 0.15) is 11.1 Å². The van der Waals surface area contributed by atoms with Crippen LogP contribution in [0.15, 0.2) is 48.5 Å². The number of carbonyl (C=O) groups is 2. The SMILES string of the molecule is Cc1ccc(NC(=O)COc2ccc(CC(=O)O)cc2)cc1. The zero-order valence-electron chi connectivity index (χ0n) is 12.2. The van der Waals surface area contributed by atoms with Crippen LogP contribution in [0.5, 0.6) is 5.75 Å². The highest BCUT2D eigenvalue weighted by atomic mass is 16.5. The van der Waals surface area contributed by atoms with Crippen molar-refractivity contribution in [2.45, 2.75) is 13.3 Å². The molecule has 0 unspecified atom stereocenters. The molecule has 5 nitrogen and oxygen atoms in total. The number of aryl methyl sites for hydroxylation is 1. The molecule has 2 N–H and O–H groups in total. The van der Waals surface area contributed by atoms with Gasteiger partial charge in [0.25, 0.3) is 5.91 Å². The second-order valence-corrected chi connectivity index (χ2v) is 4.92. The zero-order chi connectivity index (χ0) is 15.9. The Morgan fingerprint density at radius 3 is 2.27 bits per heavy atom. The average Bonchev–Trinajstić information content (AvgIpc) is 2.48. The van der Waals surface area contributed by atoms with E-state index in [4.69, 9.17) is 9.84 Å². The van der Waals surface area contributed by atoms with Gasteiger partial charge in [0.05, 0.1) is 6.42 Å². The fourth-order valence-corrected chi connectivity index (χ4v) is 1.86. The van der Waals surface area contributed by atoms with Gasteiger partial charge in [-0.1, -0.05) is 29.8 Å². The van der Waals surface area contributed by atoms with Gasteiger partial charge in [0.1, 0.15) is 5.75 Å². The van der Waals surface area contributed by atoms with E-state index in [9.17, 15) is 9.59 Å². The lowest BCUT2D eigenvalue weighted by molar-refractivity contribution is -0.136. The molecular weight excluding hydrogens is 282 g/mol. The molecule has 0 bridgehead atoms. The van der Waals surface area contributed by atoms with Crippen molar-refractivity contribution in [3.8, 4) is 5.75 Å². The van der Waals surface area contributed by atoms with Gasteiger partial charge < -0.3 is 15.2 Å². The summed E-state index contributed by atoms with van der Waals surface area (Å²) in [4.78, 5) is 22.3. The molecule has 0 radical (unpaired) electrons. The molecule has 2 aromatic rings. The minimum atomic E-state index is -0.883. The maximum atomic E-state index is 11.8. The normalized spacial score (nSPS) is 10.0. The number of rotatable bonds is 6. The first kappa shape index (κ1) is 15.6. The summed E-state index contributed by atoms with van der Waals surface area (Å²) in [6.45, 7) is 1.87. The van der Waals surface area contributed by atoms with Crippen LogP contribution in [0.4, 0.5) is 5.69 Å². The Hall–Kier alpha value is -2.82. The van der Waals surface area contributed by atoms with Gasteiger partial charge in [-0.15, -0.1) is 0 Å². The lowest BCUT2D eigenvalue weighted by Gasteiger charge is -2.08. The Labute approximate surface area is 128 Å². The number of carboxylic acid groups (broad SMARTS) is 1. The fourth-order valence-electron chi connectivity index (χ4n) is 1.86. The minimum absolute atomic E-state index is 0.0335. The zero-order valence-corrected chi connectivity index (χ0v) is 12.2. The summed E-state index contributed by atoms with van der Waals surface area (Å²) in [5, 5.41) is 11.4. The lowest BCUT2D eigenvalue weighted by atomic mass is 10.1. The number of hydrogen-bond acceptors (Lipinski definition) is 3. The Morgan fingerprint density at radius 1 is 1.05 bits per heavy atom. The first-order valence-electron chi connectivity index (χ1n) is 6.83. The van der Waals surface area contributed by atoms with Crippen LogP contribution in [0.2, 0.25) is 0 Å². The first-order valence-corrected chi connectivity index (χ1v) is 6.83. The van der Waals surface area contributed by atoms with Crippen LogP contribution < -0.4 is 10.1 Å². The topological polar surface area (TPSA) is 75.6 Å². The minimum Gasteiger partial charge on any atom is -0.484 e. The molecule has 0 aliphatic carbocycles. The van der Waals surface area contributed by atoms with E-state index in [0.29, 0.717) is 11.3 Å². The largest absolute Gasteiger partial charge is 0.484 e. The van der Waals surface area contributed by atoms with E-state index in [1.54, 1.807) is 24.3 Å². The third-order valence-electron chi connectivity index (χ3n) is 2.98. The van der Waals surface area contributed by atoms with Crippen LogP contribution in [0.3, 0.4) is 0 Å². The highest BCUT2D eigenvalue weighted by Gasteiger charge is 2.05. The second-order valence-electron chi connectivity index (χ2n) is 4.92. The van der Waals surface area contributed by atoms with E-state index in [-0.39, 0.29) is 18.9 Å². The molecule has 114 valence electrons. The van der Waals surface area contributed by atoms with Crippen LogP contribution in [-0.4, -0.2) is 23.6 Å². The Bertz CT molecular complexity index is 647. The molecule has 2 rings (SSSR count). The summed E-state index contributed by atoms with van der Waals surface area (Å²) < 4.78 is 5.36. The van der Waals surface area contributed by atoms with Gasteiger partial charge >= 0.3 is 5.97 Å². The maximum absolute atomic E-state index is 11.8. The van der Waals surface area contributed by atoms with Gasteiger partial charge in [-0.25, -0.2) is 0 Å². The molecule has 0 aliphatic heterocycles. The number of anilines is 1. The molecule has 0 aliphatic rings. The number of ether oxygens (including phenoxy) is 1. The second kappa shape index (κ2) is 7.26. The number of amides is 1. The van der Waals surface area contributed by atoms with E-state index in [2.05, 4.69) is 5.32 Å². The van der Waals surface area contributed by atoms with Crippen molar-refractivity contribution in [3.05, 3.63) is 59.7 Å². The van der Waals surface area contributed by atoms with Crippen molar-refractivity contribution >= 4 is 17.6 Å². The van der Waals surface area contributed by atoms with Crippen molar-refractivity contribution < 1.29 is 19.4 Å². The molecule has 2 aromatic carbocycles. The van der Waals surface area contributed by atoms with Crippen molar-refractivity contribution in [1.29, 1.82) is 0 Å². The van der Waals surface area contributed by atoms with Gasteiger partial charge in [0.2, 0.25) is 0 Å². The summed E-state index contributed by atoms with van der Waals surface area (Å²) in [6.07, 6.45) is -0.0335. The average molecular weight is 299 g/mol. The predicted molar refractivity (Wildman–Crippen MR) is 83.1 cm³/mol. The number of carboxylic acids is 1. The molecule has 22 heavy (non-hydrogen) atoms. The predicted octanol–water partition coefficient (Wildman–Crippen LogP) is 2.64. The smallest absolute Gasteiger partial charge is 0.307 e. The molecule has 0 heterocycles. The monoisotopic (exact) mass is 299 g/mol. The van der Waals surface area contributed by atoms with E-state index >= 15 is 0 Å². The molecular formula is C17H17NO4. The third kappa shape index (κ3) is 4.94. The van der Waals surface area contributed by atoms with Gasteiger partial charge in [-0.3, -0.25) is 9.59 Å². The molecule has 0 aromatic heterocycles. The van der Waals surface area contributed by atoms with Crippen LogP contribution in [0.25, 0.3) is 0 Å². The first-order chi connectivity index (χ1) is 10.5. The van der Waals surface area contributed by atoms with Gasteiger partial charge in [0, 0.05) is 5.69 Å². The number of nitrogens with one attached hydrogen (secondary N) is 1. The number of benzene rings is 2. The Morgan fingerprint density at radius 2 is 1.68 bits per heavy atom. The summed E-state index contributed by atoms with van der Waals surface area (Å²) in [5.41, 5.74) is 2.52. The highest BCUT2D eigenvalue weighted by Crippen LogP contribution is 2.13. The third-order valence-corrected chi connectivity index (χ3v) is 2.98. The molecule has 1 amide bonds. The fraction of sp³-hybridized carbons (Fsp3) is 0.176. The Kier molecular flexibility index (Phi) is 5.14. The summed E-state index contributed by atoms with van der Waals surface area (Å²) in [6, 6.07) is 14.1. The van der Waals surface area contributed by atoms with Crippen LogP contribution in [-0.2, 0) is 16.0 Å². The van der Waals surface area contributed by atoms with Crippen molar-refractivity contribution in [2.24, 2.45) is 0 Å². The van der Waals surface area contributed by atoms with E-state index in [1.165, 1.54) is 0 Å². The summed E-state index contributed by atoms with van der Waals surface area (Å²) in [5.74, 6) is -0.613. The molecule has 0 saturated heterocycles. The lowest BCUT2D eigenvalue weighted by Crippen LogP contribution is -2.20. The number of carbonyl (C=O) groups excluding carboxylic acids is 1. The molecule has 0 spiro atoms. The van der Waals surface area contributed by atoms with Gasteiger partial charge in [0.15, 0.2) is 6.61 Å². The molecule has 0 saturated carbocycles.